The molecule has 3 unspecified atom stereocenters. The minimum Gasteiger partial charge on any atom is -0.460 e. The van der Waals surface area contributed by atoms with Gasteiger partial charge in [-0.25, -0.2) is 4.79 Å². The topological polar surface area (TPSA) is 84.0 Å². The number of amides is 3. The number of hydrogen-bond acceptors (Lipinski definition) is 6. The number of alkyl halides is 3. The van der Waals surface area contributed by atoms with Gasteiger partial charge in [0.15, 0.2) is 0 Å². The van der Waals surface area contributed by atoms with Gasteiger partial charge in [-0.2, -0.15) is 0 Å². The minimum atomic E-state index is -1.77. The van der Waals surface area contributed by atoms with Crippen molar-refractivity contribution in [2.45, 2.75) is 39.8 Å². The number of carbonyl (C=O) groups excluding carboxylic acids is 4. The first-order chi connectivity index (χ1) is 13.4. The van der Waals surface area contributed by atoms with Crippen molar-refractivity contribution in [2.24, 2.45) is 0 Å². The predicted octanol–water partition coefficient (Wildman–Crippen LogP) is 2.63. The number of fused-ring (bicyclic) bond motifs is 2. The van der Waals surface area contributed by atoms with E-state index in [2.05, 4.69) is 0 Å². The van der Waals surface area contributed by atoms with Gasteiger partial charge in [0.2, 0.25) is 3.79 Å². The molecular formula is C18H15Cl3N2O5S. The van der Waals surface area contributed by atoms with E-state index in [1.807, 2.05) is 0 Å². The van der Waals surface area contributed by atoms with Crippen LogP contribution in [0.15, 0.2) is 24.3 Å². The van der Waals surface area contributed by atoms with Crippen molar-refractivity contribution in [2.75, 3.05) is 6.61 Å². The van der Waals surface area contributed by atoms with Gasteiger partial charge < -0.3 is 9.64 Å². The lowest BCUT2D eigenvalue weighted by atomic mass is 9.95. The number of carbonyl (C=O) groups is 4. The van der Waals surface area contributed by atoms with Crippen molar-refractivity contribution in [3.8, 4) is 0 Å². The van der Waals surface area contributed by atoms with E-state index in [-0.39, 0.29) is 11.1 Å². The number of benzene rings is 1. The van der Waals surface area contributed by atoms with Gasteiger partial charge in [0, 0.05) is 4.75 Å². The lowest BCUT2D eigenvalue weighted by molar-refractivity contribution is -0.165. The zero-order chi connectivity index (χ0) is 21.3. The third-order valence-electron chi connectivity index (χ3n) is 5.12. The van der Waals surface area contributed by atoms with Crippen LogP contribution in [0.3, 0.4) is 0 Å². The molecule has 7 nitrogen and oxygen atoms in total. The molecule has 29 heavy (non-hydrogen) atoms. The van der Waals surface area contributed by atoms with Gasteiger partial charge in [0.1, 0.15) is 24.1 Å². The average molecular weight is 478 g/mol. The van der Waals surface area contributed by atoms with Crippen LogP contribution in [0.1, 0.15) is 34.6 Å². The van der Waals surface area contributed by atoms with Crippen LogP contribution < -0.4 is 0 Å². The Kier molecular flexibility index (Phi) is 4.85. The summed E-state index contributed by atoms with van der Waals surface area (Å²) in [5, 5.41) is -0.551. The Morgan fingerprint density at radius 3 is 2.21 bits per heavy atom. The highest BCUT2D eigenvalue weighted by Crippen LogP contribution is 2.53. The number of halogens is 3. The molecule has 4 rings (SSSR count). The first kappa shape index (κ1) is 20.8. The van der Waals surface area contributed by atoms with Crippen LogP contribution >= 0.6 is 46.6 Å². The predicted molar refractivity (Wildman–Crippen MR) is 108 cm³/mol. The van der Waals surface area contributed by atoms with Gasteiger partial charge in [-0.3, -0.25) is 19.3 Å². The molecule has 3 heterocycles. The van der Waals surface area contributed by atoms with E-state index in [1.54, 1.807) is 38.1 Å². The quantitative estimate of drug-likeness (QED) is 0.288. The molecule has 0 radical (unpaired) electrons. The largest absolute Gasteiger partial charge is 0.460 e. The molecule has 11 heteroatoms. The van der Waals surface area contributed by atoms with Crippen LogP contribution in [-0.4, -0.2) is 66.1 Å². The van der Waals surface area contributed by atoms with E-state index in [4.69, 9.17) is 39.5 Å². The van der Waals surface area contributed by atoms with Gasteiger partial charge >= 0.3 is 5.97 Å². The summed E-state index contributed by atoms with van der Waals surface area (Å²) in [6, 6.07) is 4.53. The van der Waals surface area contributed by atoms with E-state index < -0.39 is 56.3 Å². The summed E-state index contributed by atoms with van der Waals surface area (Å²) in [6.45, 7) is 3.11. The molecule has 1 aromatic rings. The standard InChI is InChI=1S/C18H15Cl3N2O5S/c1-17(2)11(16(27)28-7-18(19,20)21)23-14(26)10(15(23)29-17)22-12(24)8-5-3-4-6-9(8)13(22)25/h3-6,10-11,15H,7H2,1-2H3. The molecular weight excluding hydrogens is 463 g/mol. The van der Waals surface area contributed by atoms with Crippen molar-refractivity contribution in [3.05, 3.63) is 35.4 Å². The maximum atomic E-state index is 13.0. The number of imide groups is 1. The number of thioether (sulfide) groups is 1. The third-order valence-corrected chi connectivity index (χ3v) is 7.00. The highest BCUT2D eigenvalue weighted by molar-refractivity contribution is 8.01. The minimum absolute atomic E-state index is 0.268. The second kappa shape index (κ2) is 6.77. The lowest BCUT2D eigenvalue weighted by Crippen LogP contribution is -2.71. The van der Waals surface area contributed by atoms with Gasteiger partial charge in [0.25, 0.3) is 17.7 Å². The molecule has 3 aliphatic rings. The number of rotatable bonds is 3. The summed E-state index contributed by atoms with van der Waals surface area (Å²) in [5.41, 5.74) is 0.536. The Balaban J connectivity index is 1.58. The summed E-state index contributed by atoms with van der Waals surface area (Å²) in [6.07, 6.45) is 0. The molecule has 154 valence electrons. The summed E-state index contributed by atoms with van der Waals surface area (Å²) < 4.78 is 2.60. The Bertz CT molecular complexity index is 913. The maximum absolute atomic E-state index is 13.0. The number of esters is 1. The third kappa shape index (κ3) is 3.21. The second-order valence-electron chi connectivity index (χ2n) is 7.45. The Morgan fingerprint density at radius 1 is 1.14 bits per heavy atom. The van der Waals surface area contributed by atoms with Crippen LogP contribution in [-0.2, 0) is 14.3 Å². The molecule has 3 aliphatic heterocycles. The first-order valence-corrected chi connectivity index (χ1v) is 10.7. The molecule has 3 atom stereocenters. The summed E-state index contributed by atoms with van der Waals surface area (Å²) >= 11 is 18.2. The zero-order valence-electron chi connectivity index (χ0n) is 15.2. The molecule has 0 aromatic heterocycles. The average Bonchev–Trinajstić information content (AvgIpc) is 3.03. The fraction of sp³-hybridized carbons (Fsp3) is 0.444. The molecule has 0 bridgehead atoms. The molecule has 1 aromatic carbocycles. The zero-order valence-corrected chi connectivity index (χ0v) is 18.3. The maximum Gasteiger partial charge on any atom is 0.330 e. The monoisotopic (exact) mass is 476 g/mol. The van der Waals surface area contributed by atoms with Gasteiger partial charge in [-0.1, -0.05) is 46.9 Å². The molecule has 0 N–H and O–H groups in total. The lowest BCUT2D eigenvalue weighted by Gasteiger charge is -2.46. The van der Waals surface area contributed by atoms with Gasteiger partial charge in [-0.05, 0) is 26.0 Å². The van der Waals surface area contributed by atoms with E-state index >= 15 is 0 Å². The van der Waals surface area contributed by atoms with Crippen molar-refractivity contribution in [1.29, 1.82) is 0 Å². The number of nitrogens with zero attached hydrogens (tertiary/aromatic N) is 2. The molecule has 0 aliphatic carbocycles. The van der Waals surface area contributed by atoms with Crippen LogP contribution in [0.2, 0.25) is 0 Å². The normalized spacial score (nSPS) is 27.6. The molecule has 2 fully saturated rings. The van der Waals surface area contributed by atoms with Gasteiger partial charge in [-0.15, -0.1) is 11.8 Å². The van der Waals surface area contributed by atoms with Crippen molar-refractivity contribution in [3.63, 3.8) is 0 Å². The van der Waals surface area contributed by atoms with Crippen molar-refractivity contribution >= 4 is 70.3 Å². The van der Waals surface area contributed by atoms with Crippen LogP contribution in [0.5, 0.6) is 0 Å². The van der Waals surface area contributed by atoms with Gasteiger partial charge in [0.05, 0.1) is 11.1 Å². The van der Waals surface area contributed by atoms with E-state index in [0.29, 0.717) is 0 Å². The molecule has 2 saturated heterocycles. The second-order valence-corrected chi connectivity index (χ2v) is 11.7. The van der Waals surface area contributed by atoms with E-state index in [9.17, 15) is 19.2 Å². The highest BCUT2D eigenvalue weighted by atomic mass is 35.6. The molecule has 0 spiro atoms. The van der Waals surface area contributed by atoms with Crippen molar-refractivity contribution < 1.29 is 23.9 Å². The first-order valence-electron chi connectivity index (χ1n) is 8.64. The van der Waals surface area contributed by atoms with Crippen molar-refractivity contribution in [1.82, 2.24) is 9.80 Å². The number of hydrogen-bond donors (Lipinski definition) is 0. The van der Waals surface area contributed by atoms with Crippen LogP contribution in [0.25, 0.3) is 0 Å². The summed E-state index contributed by atoms with van der Waals surface area (Å²) in [5.74, 6) is -2.21. The Hall–Kier alpha value is -1.48. The summed E-state index contributed by atoms with van der Waals surface area (Å²) in [4.78, 5) is 53.4. The molecule has 0 saturated carbocycles. The smallest absolute Gasteiger partial charge is 0.330 e. The Morgan fingerprint density at radius 2 is 1.69 bits per heavy atom. The fourth-order valence-electron chi connectivity index (χ4n) is 3.90. The van der Waals surface area contributed by atoms with E-state index in [1.165, 1.54) is 16.7 Å². The SMILES string of the molecule is CC1(C)SC2C(N3C(=O)c4ccccc4C3=O)C(=O)N2C1C(=O)OCC(Cl)(Cl)Cl. The number of ether oxygens (including phenoxy) is 1. The highest BCUT2D eigenvalue weighted by Gasteiger charge is 2.67. The van der Waals surface area contributed by atoms with Crippen LogP contribution in [0, 0.1) is 0 Å². The number of β-lactam (4-membered cyclic amide) rings is 1. The fourth-order valence-corrected chi connectivity index (χ4v) is 5.73. The molecule has 3 amide bonds. The summed E-state index contributed by atoms with van der Waals surface area (Å²) in [7, 11) is 0. The van der Waals surface area contributed by atoms with E-state index in [0.717, 1.165) is 4.90 Å². The Labute approximate surface area is 185 Å². The van der Waals surface area contributed by atoms with Crippen LogP contribution in [0.4, 0.5) is 0 Å².